The molecule has 188 valence electrons. The summed E-state index contributed by atoms with van der Waals surface area (Å²) in [5.41, 5.74) is 3.15. The zero-order valence-corrected chi connectivity index (χ0v) is 20.9. The highest BCUT2D eigenvalue weighted by Gasteiger charge is 2.49. The Morgan fingerprint density at radius 3 is 2.44 bits per heavy atom. The molecule has 2 aromatic rings. The quantitative estimate of drug-likeness (QED) is 0.462. The normalized spacial score (nSPS) is 21.4. The van der Waals surface area contributed by atoms with Gasteiger partial charge in [0.1, 0.15) is 11.7 Å². The van der Waals surface area contributed by atoms with Crippen molar-refractivity contribution in [3.8, 4) is 5.75 Å². The third-order valence-corrected chi connectivity index (χ3v) is 6.58. The van der Waals surface area contributed by atoms with Gasteiger partial charge in [0.15, 0.2) is 5.78 Å². The largest absolute Gasteiger partial charge is 0.496 e. The number of nitrogens with one attached hydrogen (secondary N) is 1. The monoisotopic (exact) mass is 490 g/mol. The van der Waals surface area contributed by atoms with E-state index in [1.165, 1.54) is 0 Å². The molecule has 0 spiro atoms. The van der Waals surface area contributed by atoms with Crippen LogP contribution in [-0.4, -0.2) is 43.0 Å². The Balaban J connectivity index is 1.91. The number of methoxy groups -OCH3 is 1. The molecule has 1 aromatic carbocycles. The SMILES string of the molecule is CCOC(=O)C1=C(C)NC2=C(C(=O)[C@H](C(=O)OCC)[C@H](c3ccccc3OC)C2)[C@@H]1c1ccccn1. The van der Waals surface area contributed by atoms with Crippen LogP contribution in [0.25, 0.3) is 0 Å². The van der Waals surface area contributed by atoms with E-state index in [2.05, 4.69) is 10.3 Å². The van der Waals surface area contributed by atoms with Crippen LogP contribution in [0.1, 0.15) is 50.3 Å². The first-order valence-electron chi connectivity index (χ1n) is 12.0. The minimum Gasteiger partial charge on any atom is -0.496 e. The van der Waals surface area contributed by atoms with Crippen LogP contribution >= 0.6 is 0 Å². The van der Waals surface area contributed by atoms with E-state index in [9.17, 15) is 14.4 Å². The zero-order valence-electron chi connectivity index (χ0n) is 20.9. The number of benzene rings is 1. The highest BCUT2D eigenvalue weighted by atomic mass is 16.5. The van der Waals surface area contributed by atoms with Crippen LogP contribution in [0.4, 0.5) is 0 Å². The molecule has 0 saturated heterocycles. The standard InChI is InChI=1S/C28H30N2O6/c1-5-35-27(32)22-16(3)30-20-15-18(17-11-7-8-13-21(17)34-4)23(28(33)36-6-2)26(31)25(20)24(22)19-12-9-10-14-29-19/h7-14,18,23-24,30H,5-6,15H2,1-4H3/t18-,23+,24+/m0/s1. The third-order valence-electron chi connectivity index (χ3n) is 6.58. The molecule has 1 aliphatic carbocycles. The summed E-state index contributed by atoms with van der Waals surface area (Å²) in [5.74, 6) is -3.33. The number of nitrogens with zero attached hydrogens (tertiary/aromatic N) is 1. The van der Waals surface area contributed by atoms with Gasteiger partial charge in [0.25, 0.3) is 0 Å². The lowest BCUT2D eigenvalue weighted by Gasteiger charge is -2.39. The van der Waals surface area contributed by atoms with Gasteiger partial charge in [0.05, 0.1) is 37.5 Å². The maximum atomic E-state index is 14.2. The lowest BCUT2D eigenvalue weighted by atomic mass is 9.67. The molecule has 0 radical (unpaired) electrons. The fraction of sp³-hybridized carbons (Fsp3) is 0.357. The number of pyridine rings is 1. The molecular formula is C28H30N2O6. The van der Waals surface area contributed by atoms with Crippen molar-refractivity contribution in [3.05, 3.63) is 82.5 Å². The van der Waals surface area contributed by atoms with Gasteiger partial charge in [-0.3, -0.25) is 14.6 Å². The molecule has 0 unspecified atom stereocenters. The summed E-state index contributed by atoms with van der Waals surface area (Å²) >= 11 is 0. The number of allylic oxidation sites excluding steroid dienone is 3. The predicted octanol–water partition coefficient (Wildman–Crippen LogP) is 3.80. The second-order valence-electron chi connectivity index (χ2n) is 8.61. The number of aromatic nitrogens is 1. The summed E-state index contributed by atoms with van der Waals surface area (Å²) in [7, 11) is 1.56. The molecule has 8 nitrogen and oxygen atoms in total. The van der Waals surface area contributed by atoms with Gasteiger partial charge >= 0.3 is 11.9 Å². The lowest BCUT2D eigenvalue weighted by Crippen LogP contribution is -2.43. The van der Waals surface area contributed by atoms with Crippen molar-refractivity contribution in [1.29, 1.82) is 0 Å². The number of carbonyl (C=O) groups is 3. The van der Waals surface area contributed by atoms with Gasteiger partial charge in [-0.15, -0.1) is 0 Å². The number of ether oxygens (including phenoxy) is 3. The number of Topliss-reactive ketones (excluding diaryl/α,β-unsaturated/α-hetero) is 1. The number of esters is 2. The van der Waals surface area contributed by atoms with Gasteiger partial charge in [-0.05, 0) is 51.0 Å². The van der Waals surface area contributed by atoms with Crippen LogP contribution in [-0.2, 0) is 23.9 Å². The van der Waals surface area contributed by atoms with Crippen LogP contribution in [0.2, 0.25) is 0 Å². The average molecular weight is 491 g/mol. The molecule has 1 aliphatic heterocycles. The molecule has 36 heavy (non-hydrogen) atoms. The molecule has 0 fully saturated rings. The number of hydrogen-bond acceptors (Lipinski definition) is 8. The van der Waals surface area contributed by atoms with Crippen molar-refractivity contribution in [2.75, 3.05) is 20.3 Å². The van der Waals surface area contributed by atoms with Crippen molar-refractivity contribution >= 4 is 17.7 Å². The van der Waals surface area contributed by atoms with Crippen molar-refractivity contribution < 1.29 is 28.6 Å². The molecule has 0 bridgehead atoms. The smallest absolute Gasteiger partial charge is 0.336 e. The van der Waals surface area contributed by atoms with Gasteiger partial charge in [0, 0.05) is 29.1 Å². The van der Waals surface area contributed by atoms with E-state index < -0.39 is 35.5 Å². The molecule has 3 atom stereocenters. The summed E-state index contributed by atoms with van der Waals surface area (Å²) in [6.45, 7) is 5.54. The van der Waals surface area contributed by atoms with Crippen LogP contribution in [0, 0.1) is 5.92 Å². The molecule has 2 heterocycles. The fourth-order valence-corrected chi connectivity index (χ4v) is 5.12. The van der Waals surface area contributed by atoms with Gasteiger partial charge in [0.2, 0.25) is 0 Å². The van der Waals surface area contributed by atoms with E-state index >= 15 is 0 Å². The number of ketones is 1. The Morgan fingerprint density at radius 1 is 1.06 bits per heavy atom. The summed E-state index contributed by atoms with van der Waals surface area (Å²) in [4.78, 5) is 45.0. The lowest BCUT2D eigenvalue weighted by molar-refractivity contribution is -0.152. The molecule has 1 N–H and O–H groups in total. The number of rotatable bonds is 7. The van der Waals surface area contributed by atoms with Gasteiger partial charge < -0.3 is 19.5 Å². The van der Waals surface area contributed by atoms with E-state index in [1.54, 1.807) is 58.3 Å². The Labute approximate surface area is 210 Å². The van der Waals surface area contributed by atoms with Crippen LogP contribution < -0.4 is 10.1 Å². The second kappa shape index (κ2) is 10.8. The molecule has 0 amide bonds. The van der Waals surface area contributed by atoms with E-state index in [4.69, 9.17) is 14.2 Å². The Hall–Kier alpha value is -3.94. The first kappa shape index (κ1) is 25.2. The van der Waals surface area contributed by atoms with Crippen molar-refractivity contribution in [2.24, 2.45) is 5.92 Å². The number of para-hydroxylation sites is 1. The first-order valence-corrected chi connectivity index (χ1v) is 12.0. The maximum Gasteiger partial charge on any atom is 0.336 e. The van der Waals surface area contributed by atoms with Crippen molar-refractivity contribution in [1.82, 2.24) is 10.3 Å². The highest BCUT2D eigenvalue weighted by Crippen LogP contribution is 2.49. The van der Waals surface area contributed by atoms with Crippen molar-refractivity contribution in [3.63, 3.8) is 0 Å². The summed E-state index contributed by atoms with van der Waals surface area (Å²) in [6, 6.07) is 12.7. The van der Waals surface area contributed by atoms with Gasteiger partial charge in [-0.25, -0.2) is 4.79 Å². The zero-order chi connectivity index (χ0) is 25.8. The molecule has 0 saturated carbocycles. The number of carbonyl (C=O) groups excluding carboxylic acids is 3. The topological polar surface area (TPSA) is 104 Å². The van der Waals surface area contributed by atoms with E-state index in [0.717, 1.165) is 5.56 Å². The molecular weight excluding hydrogens is 460 g/mol. The van der Waals surface area contributed by atoms with Crippen LogP contribution in [0.3, 0.4) is 0 Å². The van der Waals surface area contributed by atoms with Crippen molar-refractivity contribution in [2.45, 2.75) is 39.0 Å². The molecule has 1 aromatic heterocycles. The number of dihydropyridines is 1. The van der Waals surface area contributed by atoms with E-state index in [-0.39, 0.29) is 13.2 Å². The van der Waals surface area contributed by atoms with Crippen LogP contribution in [0.5, 0.6) is 5.75 Å². The van der Waals surface area contributed by atoms with E-state index in [0.29, 0.717) is 40.4 Å². The van der Waals surface area contributed by atoms with E-state index in [1.807, 2.05) is 18.2 Å². The Morgan fingerprint density at radius 2 is 1.78 bits per heavy atom. The fourth-order valence-electron chi connectivity index (χ4n) is 5.12. The first-order chi connectivity index (χ1) is 17.4. The number of hydrogen-bond donors (Lipinski definition) is 1. The average Bonchev–Trinajstić information content (AvgIpc) is 2.88. The molecule has 2 aliphatic rings. The summed E-state index contributed by atoms with van der Waals surface area (Å²) < 4.78 is 16.3. The van der Waals surface area contributed by atoms with Gasteiger partial charge in [-0.2, -0.15) is 0 Å². The summed E-state index contributed by atoms with van der Waals surface area (Å²) in [6.07, 6.45) is 1.96. The minimum absolute atomic E-state index is 0.141. The summed E-state index contributed by atoms with van der Waals surface area (Å²) in [5, 5.41) is 3.28. The minimum atomic E-state index is -1.10. The second-order valence-corrected chi connectivity index (χ2v) is 8.61. The molecule has 8 heteroatoms. The molecule has 4 rings (SSSR count). The third kappa shape index (κ3) is 4.51. The Kier molecular flexibility index (Phi) is 7.52. The van der Waals surface area contributed by atoms with Crippen LogP contribution in [0.15, 0.2) is 71.2 Å². The maximum absolute atomic E-state index is 14.2. The van der Waals surface area contributed by atoms with Gasteiger partial charge in [-0.1, -0.05) is 24.3 Å². The highest BCUT2D eigenvalue weighted by molar-refractivity contribution is 6.13. The Bertz CT molecular complexity index is 1230. The predicted molar refractivity (Wildman–Crippen MR) is 132 cm³/mol.